The Balaban J connectivity index is 1.94. The number of hydrogen-bond donors (Lipinski definition) is 2. The van der Waals surface area contributed by atoms with Gasteiger partial charge in [-0.2, -0.15) is 0 Å². The molecular formula is C19H30N2O3. The van der Waals surface area contributed by atoms with E-state index in [1.807, 2.05) is 39.8 Å². The molecule has 0 aliphatic heterocycles. The van der Waals surface area contributed by atoms with Crippen molar-refractivity contribution < 1.29 is 14.3 Å². The molecule has 24 heavy (non-hydrogen) atoms. The average Bonchev–Trinajstić information content (AvgIpc) is 2.85. The van der Waals surface area contributed by atoms with Gasteiger partial charge in [-0.3, -0.25) is 5.32 Å². The number of carbonyl (C=O) groups is 1. The van der Waals surface area contributed by atoms with Gasteiger partial charge in [0.25, 0.3) is 0 Å². The Morgan fingerprint density at radius 3 is 2.79 bits per heavy atom. The van der Waals surface area contributed by atoms with Crippen LogP contribution in [0.1, 0.15) is 58.2 Å². The predicted octanol–water partition coefficient (Wildman–Crippen LogP) is 4.04. The topological polar surface area (TPSA) is 59.6 Å². The molecule has 0 radical (unpaired) electrons. The zero-order valence-electron chi connectivity index (χ0n) is 15.4. The van der Waals surface area contributed by atoms with Gasteiger partial charge in [0.1, 0.15) is 5.60 Å². The quantitative estimate of drug-likeness (QED) is 0.824. The van der Waals surface area contributed by atoms with Gasteiger partial charge in [0, 0.05) is 24.9 Å². The third kappa shape index (κ3) is 5.49. The number of hydrogen-bond acceptors (Lipinski definition) is 4. The number of benzene rings is 1. The predicted molar refractivity (Wildman–Crippen MR) is 96.5 cm³/mol. The molecule has 2 atom stereocenters. The molecule has 2 N–H and O–H groups in total. The molecule has 5 heteroatoms. The van der Waals surface area contributed by atoms with Crippen molar-refractivity contribution in [1.29, 1.82) is 0 Å². The Kier molecular flexibility index (Phi) is 6.24. The zero-order valence-corrected chi connectivity index (χ0v) is 15.4. The van der Waals surface area contributed by atoms with Gasteiger partial charge in [-0.15, -0.1) is 0 Å². The van der Waals surface area contributed by atoms with Crippen molar-refractivity contribution in [3.8, 4) is 0 Å². The summed E-state index contributed by atoms with van der Waals surface area (Å²) in [6.07, 6.45) is 1.89. The molecule has 0 fully saturated rings. The van der Waals surface area contributed by atoms with Crippen molar-refractivity contribution >= 4 is 11.8 Å². The second-order valence-electron chi connectivity index (χ2n) is 7.31. The molecule has 1 aromatic rings. The van der Waals surface area contributed by atoms with Gasteiger partial charge < -0.3 is 14.8 Å². The lowest BCUT2D eigenvalue weighted by atomic mass is 10.1. The number of carbonyl (C=O) groups excluding carboxylic acids is 1. The van der Waals surface area contributed by atoms with Crippen molar-refractivity contribution in [2.24, 2.45) is 0 Å². The molecule has 2 rings (SSSR count). The van der Waals surface area contributed by atoms with E-state index in [-0.39, 0.29) is 6.10 Å². The molecule has 0 aromatic heterocycles. The van der Waals surface area contributed by atoms with E-state index in [1.165, 1.54) is 11.1 Å². The molecule has 1 amide bonds. The van der Waals surface area contributed by atoms with Crippen LogP contribution >= 0.6 is 0 Å². The summed E-state index contributed by atoms with van der Waals surface area (Å²) >= 11 is 0. The van der Waals surface area contributed by atoms with Crippen LogP contribution in [0.15, 0.2) is 18.2 Å². The Bertz CT molecular complexity index is 566. The highest BCUT2D eigenvalue weighted by Gasteiger charge is 2.23. The van der Waals surface area contributed by atoms with E-state index in [1.54, 1.807) is 0 Å². The van der Waals surface area contributed by atoms with E-state index < -0.39 is 11.7 Å². The summed E-state index contributed by atoms with van der Waals surface area (Å²) in [4.78, 5) is 11.9. The van der Waals surface area contributed by atoms with E-state index in [2.05, 4.69) is 23.6 Å². The first-order valence-electron chi connectivity index (χ1n) is 8.76. The highest BCUT2D eigenvalue weighted by Crippen LogP contribution is 2.33. The summed E-state index contributed by atoms with van der Waals surface area (Å²) in [5.74, 6) is 0. The Morgan fingerprint density at radius 1 is 1.38 bits per heavy atom. The fourth-order valence-electron chi connectivity index (χ4n) is 2.98. The number of aryl methyl sites for hydroxylation is 1. The van der Waals surface area contributed by atoms with Gasteiger partial charge in [0.2, 0.25) is 0 Å². The van der Waals surface area contributed by atoms with Crippen molar-refractivity contribution in [3.63, 3.8) is 0 Å². The van der Waals surface area contributed by atoms with Gasteiger partial charge in [-0.25, -0.2) is 4.79 Å². The maximum Gasteiger partial charge on any atom is 0.412 e. The lowest BCUT2D eigenvalue weighted by molar-refractivity contribution is 0.0635. The third-order valence-corrected chi connectivity index (χ3v) is 3.97. The summed E-state index contributed by atoms with van der Waals surface area (Å²) < 4.78 is 10.9. The van der Waals surface area contributed by atoms with E-state index >= 15 is 0 Å². The smallest absolute Gasteiger partial charge is 0.412 e. The summed E-state index contributed by atoms with van der Waals surface area (Å²) in [6, 6.07) is 6.44. The van der Waals surface area contributed by atoms with Crippen LogP contribution in [0.2, 0.25) is 0 Å². The number of anilines is 1. The first kappa shape index (κ1) is 18.7. The number of fused-ring (bicyclic) bond motifs is 1. The highest BCUT2D eigenvalue weighted by molar-refractivity contribution is 5.85. The van der Waals surface area contributed by atoms with Crippen LogP contribution in [0.5, 0.6) is 0 Å². The third-order valence-electron chi connectivity index (χ3n) is 3.97. The summed E-state index contributed by atoms with van der Waals surface area (Å²) in [6.45, 7) is 11.2. The molecular weight excluding hydrogens is 304 g/mol. The maximum absolute atomic E-state index is 11.9. The SMILES string of the molecule is CCOC(C)CNC1CCc2cc(NC(=O)OC(C)(C)C)ccc21. The fourth-order valence-corrected chi connectivity index (χ4v) is 2.98. The van der Waals surface area contributed by atoms with Crippen molar-refractivity contribution in [2.45, 2.75) is 65.2 Å². The number of amides is 1. The van der Waals surface area contributed by atoms with Crippen molar-refractivity contribution in [2.75, 3.05) is 18.5 Å². The Hall–Kier alpha value is -1.59. The maximum atomic E-state index is 11.9. The molecule has 5 nitrogen and oxygen atoms in total. The van der Waals surface area contributed by atoms with Gasteiger partial charge >= 0.3 is 6.09 Å². The molecule has 1 aliphatic carbocycles. The van der Waals surface area contributed by atoms with Crippen LogP contribution in [-0.2, 0) is 15.9 Å². The molecule has 1 aliphatic rings. The van der Waals surface area contributed by atoms with E-state index in [9.17, 15) is 4.79 Å². The van der Waals surface area contributed by atoms with Crippen LogP contribution in [-0.4, -0.2) is 30.9 Å². The minimum absolute atomic E-state index is 0.215. The minimum atomic E-state index is -0.493. The van der Waals surface area contributed by atoms with Crippen LogP contribution in [0, 0.1) is 0 Å². The molecule has 0 bridgehead atoms. The highest BCUT2D eigenvalue weighted by atomic mass is 16.6. The standard InChI is InChI=1S/C19H30N2O3/c1-6-23-13(2)12-20-17-10-7-14-11-15(8-9-16(14)17)21-18(22)24-19(3,4)5/h8-9,11,13,17,20H,6-7,10,12H2,1-5H3,(H,21,22). The Labute approximate surface area is 145 Å². The average molecular weight is 334 g/mol. The zero-order chi connectivity index (χ0) is 17.7. The second-order valence-corrected chi connectivity index (χ2v) is 7.31. The minimum Gasteiger partial charge on any atom is -0.444 e. The second kappa shape index (κ2) is 7.99. The first-order valence-corrected chi connectivity index (χ1v) is 8.76. The molecule has 1 aromatic carbocycles. The molecule has 0 spiro atoms. The van der Waals surface area contributed by atoms with Crippen molar-refractivity contribution in [1.82, 2.24) is 5.32 Å². The number of nitrogens with one attached hydrogen (secondary N) is 2. The van der Waals surface area contributed by atoms with Gasteiger partial charge in [0.05, 0.1) is 6.10 Å². The van der Waals surface area contributed by atoms with Crippen LogP contribution in [0.4, 0.5) is 10.5 Å². The van der Waals surface area contributed by atoms with Gasteiger partial charge in [-0.1, -0.05) is 6.07 Å². The van der Waals surface area contributed by atoms with Crippen molar-refractivity contribution in [3.05, 3.63) is 29.3 Å². The summed E-state index contributed by atoms with van der Waals surface area (Å²) in [7, 11) is 0. The normalized spacial score (nSPS) is 18.1. The first-order chi connectivity index (χ1) is 11.3. The molecule has 0 saturated heterocycles. The Morgan fingerprint density at radius 2 is 2.12 bits per heavy atom. The molecule has 2 unspecified atom stereocenters. The summed E-state index contributed by atoms with van der Waals surface area (Å²) in [5, 5.41) is 6.39. The monoisotopic (exact) mass is 334 g/mol. The van der Waals surface area contributed by atoms with Gasteiger partial charge in [0.15, 0.2) is 0 Å². The lowest BCUT2D eigenvalue weighted by Gasteiger charge is -2.20. The molecule has 0 heterocycles. The number of rotatable bonds is 6. The molecule has 134 valence electrons. The van der Waals surface area contributed by atoms with E-state index in [0.29, 0.717) is 6.04 Å². The van der Waals surface area contributed by atoms with Crippen LogP contribution < -0.4 is 10.6 Å². The molecule has 0 saturated carbocycles. The number of ether oxygens (including phenoxy) is 2. The van der Waals surface area contributed by atoms with Gasteiger partial charge in [-0.05, 0) is 70.7 Å². The van der Waals surface area contributed by atoms with E-state index in [0.717, 1.165) is 31.7 Å². The van der Waals surface area contributed by atoms with Crippen LogP contribution in [0.3, 0.4) is 0 Å². The fraction of sp³-hybridized carbons (Fsp3) is 0.632. The largest absolute Gasteiger partial charge is 0.444 e. The van der Waals surface area contributed by atoms with E-state index in [4.69, 9.17) is 9.47 Å². The lowest BCUT2D eigenvalue weighted by Crippen LogP contribution is -2.29. The van der Waals surface area contributed by atoms with Crippen LogP contribution in [0.25, 0.3) is 0 Å². The summed E-state index contributed by atoms with van der Waals surface area (Å²) in [5.41, 5.74) is 2.89.